The standard InChI is InChI=1S/C34H24N4/c1-3-26-28-21-23(17-19-32(28)38(34(26)35-2)33-15-9-10-20-36-33)24-16-18-31-29(22-24)27-13-7-8-14-30(27)37(31)25-11-5-4-6-12-25/h3-22H,1-2H2. The number of hydrogen-bond acceptors (Lipinski definition) is 2. The highest BCUT2D eigenvalue weighted by molar-refractivity contribution is 6.10. The Hall–Kier alpha value is -5.22. The van der Waals surface area contributed by atoms with Crippen LogP contribution < -0.4 is 0 Å². The van der Waals surface area contributed by atoms with Crippen molar-refractivity contribution in [3.63, 3.8) is 0 Å². The maximum absolute atomic E-state index is 4.56. The molecule has 0 bridgehead atoms. The van der Waals surface area contributed by atoms with Crippen LogP contribution in [0.3, 0.4) is 0 Å². The van der Waals surface area contributed by atoms with E-state index >= 15 is 0 Å². The summed E-state index contributed by atoms with van der Waals surface area (Å²) in [6.45, 7) is 7.92. The lowest BCUT2D eigenvalue weighted by atomic mass is 10.0. The van der Waals surface area contributed by atoms with Crippen molar-refractivity contribution in [1.29, 1.82) is 0 Å². The van der Waals surface area contributed by atoms with Gasteiger partial charge in [0, 0.05) is 33.6 Å². The van der Waals surface area contributed by atoms with Gasteiger partial charge in [0.2, 0.25) is 0 Å². The topological polar surface area (TPSA) is 35.1 Å². The lowest BCUT2D eigenvalue weighted by Gasteiger charge is -2.09. The predicted molar refractivity (Wildman–Crippen MR) is 160 cm³/mol. The Morgan fingerprint density at radius 1 is 0.632 bits per heavy atom. The number of aliphatic imine (C=N–C) groups is 1. The van der Waals surface area contributed by atoms with Crippen molar-refractivity contribution in [1.82, 2.24) is 14.1 Å². The Balaban J connectivity index is 1.46. The Morgan fingerprint density at radius 2 is 1.29 bits per heavy atom. The minimum absolute atomic E-state index is 0.743. The fourth-order valence-electron chi connectivity index (χ4n) is 5.56. The number of pyridine rings is 1. The van der Waals surface area contributed by atoms with E-state index in [2.05, 4.69) is 119 Å². The van der Waals surface area contributed by atoms with Crippen LogP contribution in [0.25, 0.3) is 61.4 Å². The average Bonchev–Trinajstić information content (AvgIpc) is 3.49. The van der Waals surface area contributed by atoms with Gasteiger partial charge < -0.3 is 4.57 Å². The SMILES string of the molecule is C=Cc1c(N=C)n(-c2ccccn2)c2ccc(-c3ccc4c(c3)c3ccccc3n4-c3ccccc3)cc12. The molecule has 0 saturated heterocycles. The first kappa shape index (κ1) is 22.0. The second-order valence-corrected chi connectivity index (χ2v) is 9.27. The third kappa shape index (κ3) is 3.24. The van der Waals surface area contributed by atoms with Gasteiger partial charge in [0.1, 0.15) is 11.6 Å². The van der Waals surface area contributed by atoms with E-state index in [0.717, 1.165) is 44.9 Å². The number of fused-ring (bicyclic) bond motifs is 4. The van der Waals surface area contributed by atoms with E-state index in [-0.39, 0.29) is 0 Å². The molecule has 0 fully saturated rings. The molecule has 4 heteroatoms. The van der Waals surface area contributed by atoms with Gasteiger partial charge in [0.05, 0.1) is 16.6 Å². The Kier molecular flexibility index (Phi) is 5.05. The van der Waals surface area contributed by atoms with Gasteiger partial charge in [-0.1, -0.05) is 67.3 Å². The molecule has 0 aliphatic rings. The van der Waals surface area contributed by atoms with Gasteiger partial charge in [-0.3, -0.25) is 4.57 Å². The van der Waals surface area contributed by atoms with E-state index in [1.807, 2.05) is 28.8 Å². The van der Waals surface area contributed by atoms with Gasteiger partial charge in [-0.15, -0.1) is 0 Å². The highest BCUT2D eigenvalue weighted by Gasteiger charge is 2.18. The third-order valence-corrected chi connectivity index (χ3v) is 7.23. The van der Waals surface area contributed by atoms with Crippen LogP contribution in [-0.4, -0.2) is 20.8 Å². The summed E-state index contributed by atoms with van der Waals surface area (Å²) < 4.78 is 4.38. The molecule has 3 aromatic heterocycles. The largest absolute Gasteiger partial charge is 0.309 e. The average molecular weight is 489 g/mol. The first-order valence-corrected chi connectivity index (χ1v) is 12.6. The van der Waals surface area contributed by atoms with E-state index in [1.54, 1.807) is 6.20 Å². The molecule has 38 heavy (non-hydrogen) atoms. The summed E-state index contributed by atoms with van der Waals surface area (Å²) in [6.07, 6.45) is 3.64. The number of benzene rings is 4. The summed E-state index contributed by atoms with van der Waals surface area (Å²) in [5.74, 6) is 1.54. The molecule has 180 valence electrons. The first-order valence-electron chi connectivity index (χ1n) is 12.6. The fourth-order valence-corrected chi connectivity index (χ4v) is 5.56. The molecular formula is C34H24N4. The van der Waals surface area contributed by atoms with Crippen LogP contribution in [0.1, 0.15) is 5.56 Å². The third-order valence-electron chi connectivity index (χ3n) is 7.23. The van der Waals surface area contributed by atoms with Crippen molar-refractivity contribution in [3.05, 3.63) is 128 Å². The van der Waals surface area contributed by atoms with Crippen LogP contribution in [0.15, 0.2) is 127 Å². The molecule has 4 aromatic carbocycles. The van der Waals surface area contributed by atoms with Gasteiger partial charge in [-0.25, -0.2) is 9.98 Å². The summed E-state index contributed by atoms with van der Waals surface area (Å²) in [6, 6.07) is 38.3. The van der Waals surface area contributed by atoms with Crippen molar-refractivity contribution in [3.8, 4) is 22.6 Å². The minimum Gasteiger partial charge on any atom is -0.309 e. The van der Waals surface area contributed by atoms with Gasteiger partial charge in [-0.2, -0.15) is 0 Å². The molecule has 0 aliphatic carbocycles. The maximum Gasteiger partial charge on any atom is 0.145 e. The predicted octanol–water partition coefficient (Wildman–Crippen LogP) is 8.76. The van der Waals surface area contributed by atoms with Crippen molar-refractivity contribution >= 4 is 51.3 Å². The molecule has 0 aliphatic heterocycles. The summed E-state index contributed by atoms with van der Waals surface area (Å²) in [7, 11) is 0. The molecule has 0 spiro atoms. The van der Waals surface area contributed by atoms with Crippen molar-refractivity contribution in [2.24, 2.45) is 4.99 Å². The van der Waals surface area contributed by atoms with Crippen LogP contribution in [0.2, 0.25) is 0 Å². The van der Waals surface area contributed by atoms with Crippen molar-refractivity contribution < 1.29 is 0 Å². The highest BCUT2D eigenvalue weighted by atomic mass is 15.1. The molecule has 4 nitrogen and oxygen atoms in total. The van der Waals surface area contributed by atoms with E-state index in [1.165, 1.54) is 21.8 Å². The van der Waals surface area contributed by atoms with Crippen molar-refractivity contribution in [2.75, 3.05) is 0 Å². The summed E-state index contributed by atoms with van der Waals surface area (Å²) in [5.41, 5.74) is 7.80. The van der Waals surface area contributed by atoms with Crippen LogP contribution in [-0.2, 0) is 0 Å². The number of hydrogen-bond donors (Lipinski definition) is 0. The number of para-hydroxylation sites is 2. The molecule has 7 aromatic rings. The highest BCUT2D eigenvalue weighted by Crippen LogP contribution is 2.39. The van der Waals surface area contributed by atoms with Gasteiger partial charge in [0.15, 0.2) is 0 Å². The maximum atomic E-state index is 4.56. The Morgan fingerprint density at radius 3 is 2.00 bits per heavy atom. The zero-order valence-corrected chi connectivity index (χ0v) is 20.8. The van der Waals surface area contributed by atoms with Gasteiger partial charge in [0.25, 0.3) is 0 Å². The molecule has 0 amide bonds. The van der Waals surface area contributed by atoms with Crippen LogP contribution in [0.5, 0.6) is 0 Å². The Bertz CT molecular complexity index is 1990. The first-order chi connectivity index (χ1) is 18.8. The summed E-state index contributed by atoms with van der Waals surface area (Å²) >= 11 is 0. The summed E-state index contributed by atoms with van der Waals surface area (Å²) in [4.78, 5) is 8.93. The monoisotopic (exact) mass is 488 g/mol. The molecule has 0 N–H and O–H groups in total. The lowest BCUT2D eigenvalue weighted by molar-refractivity contribution is 1.04. The number of aromatic nitrogens is 3. The number of rotatable bonds is 5. The second-order valence-electron chi connectivity index (χ2n) is 9.27. The molecular weight excluding hydrogens is 464 g/mol. The fraction of sp³-hybridized carbons (Fsp3) is 0. The van der Waals surface area contributed by atoms with E-state index in [0.29, 0.717) is 0 Å². The molecule has 0 atom stereocenters. The Labute approximate surface area is 220 Å². The zero-order valence-electron chi connectivity index (χ0n) is 20.8. The van der Waals surface area contributed by atoms with E-state index in [4.69, 9.17) is 0 Å². The van der Waals surface area contributed by atoms with Gasteiger partial charge >= 0.3 is 0 Å². The smallest absolute Gasteiger partial charge is 0.145 e. The quantitative estimate of drug-likeness (QED) is 0.223. The summed E-state index contributed by atoms with van der Waals surface area (Å²) in [5, 5.41) is 3.53. The van der Waals surface area contributed by atoms with E-state index < -0.39 is 0 Å². The van der Waals surface area contributed by atoms with Gasteiger partial charge in [-0.05, 0) is 72.4 Å². The molecule has 0 radical (unpaired) electrons. The molecule has 0 unspecified atom stereocenters. The van der Waals surface area contributed by atoms with Crippen LogP contribution >= 0.6 is 0 Å². The van der Waals surface area contributed by atoms with E-state index in [9.17, 15) is 0 Å². The zero-order chi connectivity index (χ0) is 25.6. The van der Waals surface area contributed by atoms with Crippen LogP contribution in [0.4, 0.5) is 5.82 Å². The molecule has 0 saturated carbocycles. The molecule has 3 heterocycles. The number of nitrogens with zero attached hydrogens (tertiary/aromatic N) is 4. The molecule has 7 rings (SSSR count). The second kappa shape index (κ2) is 8.71. The normalized spacial score (nSPS) is 11.4. The van der Waals surface area contributed by atoms with Crippen molar-refractivity contribution in [2.45, 2.75) is 0 Å². The minimum atomic E-state index is 0.743. The van der Waals surface area contributed by atoms with Crippen LogP contribution in [0, 0.1) is 0 Å². The lowest BCUT2D eigenvalue weighted by Crippen LogP contribution is -1.96.